The molecule has 1 aromatic heterocycles. The van der Waals surface area contributed by atoms with Crippen LogP contribution < -0.4 is 5.69 Å². The number of imidazole rings is 1. The first kappa shape index (κ1) is 13.2. The highest BCUT2D eigenvalue weighted by atomic mass is 35.5. The Bertz CT molecular complexity index is 581. The molecule has 5 heteroatoms. The molecule has 0 bridgehead atoms. The number of nitrogens with zero attached hydrogens (tertiary/aromatic N) is 1. The van der Waals surface area contributed by atoms with Crippen molar-refractivity contribution in [2.75, 3.05) is 0 Å². The van der Waals surface area contributed by atoms with Gasteiger partial charge in [-0.15, -0.1) is 0 Å². The maximum absolute atomic E-state index is 11.9. The number of H-pyrrole nitrogens is 1. The van der Waals surface area contributed by atoms with Crippen LogP contribution in [-0.4, -0.2) is 9.55 Å². The van der Waals surface area contributed by atoms with E-state index >= 15 is 0 Å². The van der Waals surface area contributed by atoms with E-state index in [-0.39, 0.29) is 5.69 Å². The topological polar surface area (TPSA) is 37.8 Å². The largest absolute Gasteiger partial charge is 0.330 e. The highest BCUT2D eigenvalue weighted by molar-refractivity contribution is 6.37. The lowest BCUT2D eigenvalue weighted by atomic mass is 10.2. The Hall–Kier alpha value is -1.19. The fraction of sp³-hybridized carbons (Fsp3) is 0.308. The summed E-state index contributed by atoms with van der Waals surface area (Å²) in [6.45, 7) is 2.11. The average molecular weight is 285 g/mol. The predicted molar refractivity (Wildman–Crippen MR) is 75.0 cm³/mol. The van der Waals surface area contributed by atoms with Gasteiger partial charge in [-0.2, -0.15) is 0 Å². The van der Waals surface area contributed by atoms with Gasteiger partial charge in [0.1, 0.15) is 0 Å². The molecule has 1 N–H and O–H groups in total. The third-order valence-electron chi connectivity index (χ3n) is 2.75. The van der Waals surface area contributed by atoms with E-state index in [2.05, 4.69) is 11.9 Å². The molecule has 96 valence electrons. The van der Waals surface area contributed by atoms with Crippen molar-refractivity contribution in [3.8, 4) is 5.69 Å². The summed E-state index contributed by atoms with van der Waals surface area (Å²) in [5.74, 6) is 0. The minimum absolute atomic E-state index is 0.212. The minimum atomic E-state index is -0.212. The maximum atomic E-state index is 11.9. The van der Waals surface area contributed by atoms with Crippen LogP contribution in [0.3, 0.4) is 0 Å². The van der Waals surface area contributed by atoms with Gasteiger partial charge in [-0.3, -0.25) is 4.57 Å². The summed E-state index contributed by atoms with van der Waals surface area (Å²) < 4.78 is 1.47. The Kier molecular flexibility index (Phi) is 4.15. The van der Waals surface area contributed by atoms with Crippen LogP contribution in [0.25, 0.3) is 5.69 Å². The van der Waals surface area contributed by atoms with E-state index < -0.39 is 0 Å². The van der Waals surface area contributed by atoms with Crippen LogP contribution in [0.5, 0.6) is 0 Å². The molecule has 2 aromatic rings. The lowest BCUT2D eigenvalue weighted by Crippen LogP contribution is -2.14. The molecular formula is C13H14Cl2N2O. The Labute approximate surface area is 115 Å². The molecule has 0 saturated carbocycles. The van der Waals surface area contributed by atoms with Crippen LogP contribution in [0.1, 0.15) is 25.5 Å². The zero-order chi connectivity index (χ0) is 13.1. The highest BCUT2D eigenvalue weighted by Gasteiger charge is 2.11. The van der Waals surface area contributed by atoms with Crippen molar-refractivity contribution in [1.82, 2.24) is 9.55 Å². The van der Waals surface area contributed by atoms with Crippen LogP contribution in [0.15, 0.2) is 29.2 Å². The van der Waals surface area contributed by atoms with Gasteiger partial charge in [-0.25, -0.2) is 4.79 Å². The Morgan fingerprint density at radius 1 is 1.28 bits per heavy atom. The van der Waals surface area contributed by atoms with Crippen molar-refractivity contribution < 1.29 is 0 Å². The summed E-state index contributed by atoms with van der Waals surface area (Å²) >= 11 is 12.2. The van der Waals surface area contributed by atoms with E-state index in [1.807, 2.05) is 0 Å². The summed E-state index contributed by atoms with van der Waals surface area (Å²) in [6.07, 6.45) is 4.74. The van der Waals surface area contributed by atoms with E-state index in [9.17, 15) is 4.79 Å². The maximum Gasteiger partial charge on any atom is 0.330 e. The number of nitrogens with one attached hydrogen (secondary N) is 1. The van der Waals surface area contributed by atoms with Crippen LogP contribution in [0.4, 0.5) is 0 Å². The Morgan fingerprint density at radius 2 is 1.94 bits per heavy atom. The number of unbranched alkanes of at least 4 members (excludes halogenated alkanes) is 1. The number of para-hydroxylation sites is 1. The summed E-state index contributed by atoms with van der Waals surface area (Å²) in [6, 6.07) is 5.19. The predicted octanol–water partition coefficient (Wildman–Crippen LogP) is 3.82. The molecule has 0 spiro atoms. The fourth-order valence-electron chi connectivity index (χ4n) is 1.82. The van der Waals surface area contributed by atoms with E-state index in [1.165, 1.54) is 4.57 Å². The van der Waals surface area contributed by atoms with Crippen molar-refractivity contribution in [2.45, 2.75) is 26.2 Å². The SMILES string of the molecule is CCCCc1cn(-c2c(Cl)cccc2Cl)c(=O)[nH]1. The van der Waals surface area contributed by atoms with Gasteiger partial charge in [0, 0.05) is 11.9 Å². The van der Waals surface area contributed by atoms with Gasteiger partial charge in [0.2, 0.25) is 0 Å². The summed E-state index contributed by atoms with van der Waals surface area (Å²) in [5.41, 5.74) is 1.22. The van der Waals surface area contributed by atoms with E-state index in [0.717, 1.165) is 25.0 Å². The molecule has 0 unspecified atom stereocenters. The van der Waals surface area contributed by atoms with E-state index in [4.69, 9.17) is 23.2 Å². The average Bonchev–Trinajstić information content (AvgIpc) is 2.68. The van der Waals surface area contributed by atoms with Crippen molar-refractivity contribution in [3.05, 3.63) is 50.6 Å². The second kappa shape index (κ2) is 5.63. The van der Waals surface area contributed by atoms with Gasteiger partial charge < -0.3 is 4.98 Å². The molecule has 1 heterocycles. The van der Waals surface area contributed by atoms with Crippen LogP contribution in [0, 0.1) is 0 Å². The lowest BCUT2D eigenvalue weighted by molar-refractivity contribution is 0.779. The quantitative estimate of drug-likeness (QED) is 0.911. The first-order valence-electron chi connectivity index (χ1n) is 5.88. The van der Waals surface area contributed by atoms with Crippen LogP contribution >= 0.6 is 23.2 Å². The minimum Gasteiger partial charge on any atom is -0.310 e. The smallest absolute Gasteiger partial charge is 0.310 e. The molecule has 0 radical (unpaired) electrons. The third kappa shape index (κ3) is 2.62. The second-order valence-electron chi connectivity index (χ2n) is 4.13. The number of hydrogen-bond acceptors (Lipinski definition) is 1. The molecule has 0 amide bonds. The fourth-order valence-corrected chi connectivity index (χ4v) is 2.40. The first-order valence-corrected chi connectivity index (χ1v) is 6.64. The number of benzene rings is 1. The van der Waals surface area contributed by atoms with Crippen LogP contribution in [-0.2, 0) is 6.42 Å². The number of rotatable bonds is 4. The van der Waals surface area contributed by atoms with Crippen molar-refractivity contribution in [2.24, 2.45) is 0 Å². The van der Waals surface area contributed by atoms with Crippen molar-refractivity contribution in [1.29, 1.82) is 0 Å². The highest BCUT2D eigenvalue weighted by Crippen LogP contribution is 2.27. The van der Waals surface area contributed by atoms with Gasteiger partial charge >= 0.3 is 5.69 Å². The molecule has 18 heavy (non-hydrogen) atoms. The van der Waals surface area contributed by atoms with Gasteiger partial charge in [0.05, 0.1) is 15.7 Å². The number of aromatic amines is 1. The molecule has 0 fully saturated rings. The number of halogens is 2. The molecule has 3 nitrogen and oxygen atoms in total. The van der Waals surface area contributed by atoms with E-state index in [0.29, 0.717) is 15.7 Å². The summed E-state index contributed by atoms with van der Waals surface area (Å²) in [4.78, 5) is 14.7. The zero-order valence-corrected chi connectivity index (χ0v) is 11.6. The number of hydrogen-bond donors (Lipinski definition) is 1. The third-order valence-corrected chi connectivity index (χ3v) is 3.36. The molecule has 2 rings (SSSR count). The van der Waals surface area contributed by atoms with Crippen LogP contribution in [0.2, 0.25) is 10.0 Å². The van der Waals surface area contributed by atoms with Gasteiger partial charge in [0.25, 0.3) is 0 Å². The Morgan fingerprint density at radius 3 is 2.56 bits per heavy atom. The van der Waals surface area contributed by atoms with Gasteiger partial charge in [-0.1, -0.05) is 42.6 Å². The van der Waals surface area contributed by atoms with E-state index in [1.54, 1.807) is 24.4 Å². The first-order chi connectivity index (χ1) is 8.63. The zero-order valence-electron chi connectivity index (χ0n) is 10.0. The second-order valence-corrected chi connectivity index (χ2v) is 4.94. The number of aromatic nitrogens is 2. The Balaban J connectivity index is 2.45. The van der Waals surface area contributed by atoms with Gasteiger partial charge in [-0.05, 0) is 25.0 Å². The molecule has 0 aliphatic rings. The summed E-state index contributed by atoms with van der Waals surface area (Å²) in [5, 5.41) is 0.927. The molecule has 1 aromatic carbocycles. The molecule has 0 aliphatic carbocycles. The summed E-state index contributed by atoms with van der Waals surface area (Å²) in [7, 11) is 0. The molecular weight excluding hydrogens is 271 g/mol. The van der Waals surface area contributed by atoms with Crippen molar-refractivity contribution >= 4 is 23.2 Å². The lowest BCUT2D eigenvalue weighted by Gasteiger charge is -2.05. The monoisotopic (exact) mass is 284 g/mol. The number of aryl methyl sites for hydroxylation is 1. The standard InChI is InChI=1S/C13H14Cl2N2O/c1-2-3-5-9-8-17(13(18)16-9)12-10(14)6-4-7-11(12)15/h4,6-8H,2-3,5H2,1H3,(H,16,18). The molecule has 0 aliphatic heterocycles. The molecule has 0 saturated heterocycles. The molecule has 0 atom stereocenters. The van der Waals surface area contributed by atoms with Crippen molar-refractivity contribution in [3.63, 3.8) is 0 Å². The normalized spacial score (nSPS) is 10.8. The van der Waals surface area contributed by atoms with Gasteiger partial charge in [0.15, 0.2) is 0 Å².